The third kappa shape index (κ3) is 7.38. The lowest BCUT2D eigenvalue weighted by Gasteiger charge is -2.28. The summed E-state index contributed by atoms with van der Waals surface area (Å²) in [6.45, 7) is 6.49. The molecule has 108 valence electrons. The van der Waals surface area contributed by atoms with Crippen LogP contribution in [0.5, 0.6) is 0 Å². The molecular formula is C16H33NO. The normalized spacial score (nSPS) is 19.0. The van der Waals surface area contributed by atoms with Gasteiger partial charge in [0.15, 0.2) is 0 Å². The van der Waals surface area contributed by atoms with Gasteiger partial charge in [0, 0.05) is 25.3 Å². The van der Waals surface area contributed by atoms with Gasteiger partial charge >= 0.3 is 0 Å². The second kappa shape index (κ2) is 10.8. The Bertz CT molecular complexity index is 178. The van der Waals surface area contributed by atoms with Crippen molar-refractivity contribution in [2.75, 3.05) is 13.2 Å². The lowest BCUT2D eigenvalue weighted by atomic mass is 10.00. The maximum Gasteiger partial charge on any atom is 0.0480 e. The molecule has 0 aromatic heterocycles. The van der Waals surface area contributed by atoms with E-state index in [1.54, 1.807) is 0 Å². The second-order valence-electron chi connectivity index (χ2n) is 5.74. The van der Waals surface area contributed by atoms with Crippen LogP contribution in [0, 0.1) is 0 Å². The third-order valence-corrected chi connectivity index (χ3v) is 3.99. The largest absolute Gasteiger partial charge is 0.381 e. The summed E-state index contributed by atoms with van der Waals surface area (Å²) >= 11 is 0. The van der Waals surface area contributed by atoms with Gasteiger partial charge in [0.25, 0.3) is 0 Å². The molecule has 1 unspecified atom stereocenters. The molecule has 0 aromatic carbocycles. The summed E-state index contributed by atoms with van der Waals surface area (Å²) in [5.41, 5.74) is 0. The molecule has 2 heteroatoms. The van der Waals surface area contributed by atoms with Crippen molar-refractivity contribution in [3.8, 4) is 0 Å². The Balaban J connectivity index is 2.12. The highest BCUT2D eigenvalue weighted by Gasteiger charge is 2.17. The molecule has 1 saturated heterocycles. The Labute approximate surface area is 114 Å². The summed E-state index contributed by atoms with van der Waals surface area (Å²) in [7, 11) is 0. The molecule has 1 aliphatic rings. The lowest BCUT2D eigenvalue weighted by Crippen LogP contribution is -2.41. The van der Waals surface area contributed by atoms with Crippen LogP contribution in [0.4, 0.5) is 0 Å². The van der Waals surface area contributed by atoms with E-state index in [2.05, 4.69) is 19.2 Å². The number of unbranched alkanes of at least 4 members (excludes halogenated alkanes) is 4. The summed E-state index contributed by atoms with van der Waals surface area (Å²) in [6.07, 6.45) is 13.4. The minimum Gasteiger partial charge on any atom is -0.381 e. The number of rotatable bonds is 10. The fourth-order valence-electron chi connectivity index (χ4n) is 2.85. The van der Waals surface area contributed by atoms with Crippen molar-refractivity contribution in [3.63, 3.8) is 0 Å². The zero-order chi connectivity index (χ0) is 13.1. The molecule has 0 bridgehead atoms. The molecule has 1 fully saturated rings. The van der Waals surface area contributed by atoms with E-state index in [1.807, 2.05) is 0 Å². The molecule has 2 nitrogen and oxygen atoms in total. The Morgan fingerprint density at radius 1 is 0.944 bits per heavy atom. The Hall–Kier alpha value is -0.0800. The number of hydrogen-bond donors (Lipinski definition) is 1. The second-order valence-corrected chi connectivity index (χ2v) is 5.74. The Kier molecular flexibility index (Phi) is 9.59. The minimum absolute atomic E-state index is 0.714. The van der Waals surface area contributed by atoms with E-state index in [0.717, 1.165) is 19.3 Å². The molecule has 1 atom stereocenters. The molecule has 1 heterocycles. The van der Waals surface area contributed by atoms with Crippen LogP contribution in [0.15, 0.2) is 0 Å². The highest BCUT2D eigenvalue weighted by atomic mass is 16.5. The average molecular weight is 255 g/mol. The molecule has 0 spiro atoms. The Morgan fingerprint density at radius 2 is 1.67 bits per heavy atom. The summed E-state index contributed by atoms with van der Waals surface area (Å²) < 4.78 is 5.43. The maximum absolute atomic E-state index is 5.43. The van der Waals surface area contributed by atoms with Gasteiger partial charge in [-0.05, 0) is 25.7 Å². The van der Waals surface area contributed by atoms with E-state index in [0.29, 0.717) is 6.04 Å². The maximum atomic E-state index is 5.43. The van der Waals surface area contributed by atoms with Crippen LogP contribution in [0.3, 0.4) is 0 Å². The fraction of sp³-hybridized carbons (Fsp3) is 1.00. The first-order chi connectivity index (χ1) is 8.86. The third-order valence-electron chi connectivity index (χ3n) is 3.99. The molecule has 0 radical (unpaired) electrons. The van der Waals surface area contributed by atoms with Gasteiger partial charge in [-0.25, -0.2) is 0 Å². The monoisotopic (exact) mass is 255 g/mol. The van der Waals surface area contributed by atoms with E-state index in [-0.39, 0.29) is 0 Å². The molecule has 0 aromatic rings. The van der Waals surface area contributed by atoms with Crippen LogP contribution in [0.2, 0.25) is 0 Å². The molecule has 0 aliphatic carbocycles. The SMILES string of the molecule is CCCCCCCC(CCC)NC1CCOCC1. The molecule has 18 heavy (non-hydrogen) atoms. The summed E-state index contributed by atoms with van der Waals surface area (Å²) in [4.78, 5) is 0. The molecular weight excluding hydrogens is 222 g/mol. The van der Waals surface area contributed by atoms with Crippen molar-refractivity contribution in [2.24, 2.45) is 0 Å². The van der Waals surface area contributed by atoms with Crippen LogP contribution in [-0.2, 0) is 4.74 Å². The van der Waals surface area contributed by atoms with Gasteiger partial charge in [0.2, 0.25) is 0 Å². The van der Waals surface area contributed by atoms with Crippen molar-refractivity contribution in [3.05, 3.63) is 0 Å². The van der Waals surface area contributed by atoms with E-state index in [4.69, 9.17) is 4.74 Å². The molecule has 0 saturated carbocycles. The number of nitrogens with one attached hydrogen (secondary N) is 1. The van der Waals surface area contributed by atoms with Gasteiger partial charge in [-0.3, -0.25) is 0 Å². The van der Waals surface area contributed by atoms with Gasteiger partial charge < -0.3 is 10.1 Å². The average Bonchev–Trinajstić information content (AvgIpc) is 2.40. The van der Waals surface area contributed by atoms with Crippen molar-refractivity contribution in [2.45, 2.75) is 90.1 Å². The van der Waals surface area contributed by atoms with E-state index >= 15 is 0 Å². The standard InChI is InChI=1S/C16H33NO/c1-3-5-6-7-8-10-15(9-4-2)17-16-11-13-18-14-12-16/h15-17H,3-14H2,1-2H3. The van der Waals surface area contributed by atoms with Crippen LogP contribution >= 0.6 is 0 Å². The first-order valence-electron chi connectivity index (χ1n) is 8.20. The smallest absolute Gasteiger partial charge is 0.0480 e. The van der Waals surface area contributed by atoms with E-state index < -0.39 is 0 Å². The number of hydrogen-bond acceptors (Lipinski definition) is 2. The molecule has 1 rings (SSSR count). The van der Waals surface area contributed by atoms with E-state index in [9.17, 15) is 0 Å². The van der Waals surface area contributed by atoms with E-state index in [1.165, 1.54) is 64.2 Å². The molecule has 1 N–H and O–H groups in total. The topological polar surface area (TPSA) is 21.3 Å². The van der Waals surface area contributed by atoms with Crippen molar-refractivity contribution >= 4 is 0 Å². The van der Waals surface area contributed by atoms with Gasteiger partial charge in [-0.15, -0.1) is 0 Å². The summed E-state index contributed by atoms with van der Waals surface area (Å²) in [5, 5.41) is 3.87. The Morgan fingerprint density at radius 3 is 2.33 bits per heavy atom. The highest BCUT2D eigenvalue weighted by Crippen LogP contribution is 2.14. The van der Waals surface area contributed by atoms with Crippen LogP contribution in [-0.4, -0.2) is 25.3 Å². The van der Waals surface area contributed by atoms with Crippen LogP contribution < -0.4 is 5.32 Å². The first kappa shape index (κ1) is 16.0. The minimum atomic E-state index is 0.714. The fourth-order valence-corrected chi connectivity index (χ4v) is 2.85. The predicted molar refractivity (Wildman–Crippen MR) is 79.0 cm³/mol. The summed E-state index contributed by atoms with van der Waals surface area (Å²) in [6, 6.07) is 1.46. The van der Waals surface area contributed by atoms with Crippen molar-refractivity contribution in [1.82, 2.24) is 5.32 Å². The van der Waals surface area contributed by atoms with Gasteiger partial charge in [-0.2, -0.15) is 0 Å². The van der Waals surface area contributed by atoms with Crippen LogP contribution in [0.25, 0.3) is 0 Å². The quantitative estimate of drug-likeness (QED) is 0.588. The van der Waals surface area contributed by atoms with Gasteiger partial charge in [-0.1, -0.05) is 52.4 Å². The summed E-state index contributed by atoms with van der Waals surface area (Å²) in [5.74, 6) is 0. The van der Waals surface area contributed by atoms with Crippen molar-refractivity contribution < 1.29 is 4.74 Å². The number of ether oxygens (including phenoxy) is 1. The zero-order valence-electron chi connectivity index (χ0n) is 12.5. The van der Waals surface area contributed by atoms with Crippen molar-refractivity contribution in [1.29, 1.82) is 0 Å². The molecule has 1 aliphatic heterocycles. The first-order valence-corrected chi connectivity index (χ1v) is 8.20. The highest BCUT2D eigenvalue weighted by molar-refractivity contribution is 4.76. The predicted octanol–water partition coefficient (Wildman–Crippen LogP) is 4.28. The lowest BCUT2D eigenvalue weighted by molar-refractivity contribution is 0.0740. The molecule has 0 amide bonds. The van der Waals surface area contributed by atoms with Gasteiger partial charge in [0.1, 0.15) is 0 Å². The zero-order valence-corrected chi connectivity index (χ0v) is 12.5. The van der Waals surface area contributed by atoms with Crippen LogP contribution in [0.1, 0.15) is 78.1 Å². The van der Waals surface area contributed by atoms with Gasteiger partial charge in [0.05, 0.1) is 0 Å².